The Morgan fingerprint density at radius 2 is 2.00 bits per heavy atom. The van der Waals surface area contributed by atoms with E-state index in [-0.39, 0.29) is 0 Å². The molecule has 0 spiro atoms. The fourth-order valence-corrected chi connectivity index (χ4v) is 1.66. The van der Waals surface area contributed by atoms with Gasteiger partial charge in [-0.05, 0) is 12.1 Å². The Morgan fingerprint density at radius 1 is 1.25 bits per heavy atom. The molecular weight excluding hydrogens is 188 g/mol. The normalized spacial score (nSPS) is 8.58. The quantitative estimate of drug-likeness (QED) is 0.549. The zero-order chi connectivity index (χ0) is 8.97. The van der Waals surface area contributed by atoms with Crippen molar-refractivity contribution in [3.63, 3.8) is 0 Å². The summed E-state index contributed by atoms with van der Waals surface area (Å²) in [6.07, 6.45) is 0. The van der Waals surface area contributed by atoms with Crippen LogP contribution in [0.15, 0.2) is 23.1 Å². The van der Waals surface area contributed by atoms with Crippen LogP contribution in [0.25, 0.3) is 0 Å². The number of benzene rings is 1. The molecule has 0 aliphatic heterocycles. The Balaban J connectivity index is 3.37. The molecule has 0 aliphatic carbocycles. The number of nitrogens with zero attached hydrogens (tertiary/aromatic N) is 2. The molecule has 0 fully saturated rings. The minimum Gasteiger partial charge on any atom is -0.192 e. The summed E-state index contributed by atoms with van der Waals surface area (Å²) in [6, 6.07) is 9.04. The molecule has 1 aromatic carbocycles. The van der Waals surface area contributed by atoms with Crippen molar-refractivity contribution in [3.05, 3.63) is 29.3 Å². The highest BCUT2D eigenvalue weighted by molar-refractivity contribution is 8.68. The van der Waals surface area contributed by atoms with Crippen molar-refractivity contribution in [2.45, 2.75) is 4.90 Å². The summed E-state index contributed by atoms with van der Waals surface area (Å²) in [4.78, 5) is 0.722. The molecule has 0 saturated heterocycles. The first kappa shape index (κ1) is 8.99. The van der Waals surface area contributed by atoms with Crippen molar-refractivity contribution in [2.24, 2.45) is 0 Å². The van der Waals surface area contributed by atoms with Gasteiger partial charge in [-0.1, -0.05) is 16.9 Å². The van der Waals surface area contributed by atoms with Gasteiger partial charge in [-0.25, -0.2) is 0 Å². The van der Waals surface area contributed by atoms with Crippen LogP contribution in [0.2, 0.25) is 0 Å². The summed E-state index contributed by atoms with van der Waals surface area (Å²) < 4.78 is 0. The van der Waals surface area contributed by atoms with E-state index in [1.807, 2.05) is 12.1 Å². The molecule has 1 aromatic rings. The maximum Gasteiger partial charge on any atom is 0.102 e. The lowest BCUT2D eigenvalue weighted by Crippen LogP contribution is -1.84. The SMILES string of the molecule is N#Cc1cccc(SS)c1C#N. The van der Waals surface area contributed by atoms with Crippen LogP contribution in [-0.2, 0) is 0 Å². The van der Waals surface area contributed by atoms with Gasteiger partial charge in [0, 0.05) is 4.90 Å². The van der Waals surface area contributed by atoms with Gasteiger partial charge >= 0.3 is 0 Å². The third kappa shape index (κ3) is 1.55. The average Bonchev–Trinajstić information content (AvgIpc) is 2.16. The fourth-order valence-electron chi connectivity index (χ4n) is 0.816. The number of thiol groups is 1. The summed E-state index contributed by atoms with van der Waals surface area (Å²) in [5.41, 5.74) is 0.802. The minimum atomic E-state index is 0.400. The first-order valence-electron chi connectivity index (χ1n) is 3.08. The molecule has 0 radical (unpaired) electrons. The van der Waals surface area contributed by atoms with Crippen LogP contribution in [0.3, 0.4) is 0 Å². The van der Waals surface area contributed by atoms with E-state index in [4.69, 9.17) is 10.5 Å². The molecule has 4 heteroatoms. The van der Waals surface area contributed by atoms with Gasteiger partial charge in [-0.3, -0.25) is 0 Å². The highest BCUT2D eigenvalue weighted by Crippen LogP contribution is 2.26. The van der Waals surface area contributed by atoms with Crippen LogP contribution in [0.5, 0.6) is 0 Å². The molecule has 0 aromatic heterocycles. The lowest BCUT2D eigenvalue weighted by molar-refractivity contribution is 1.34. The topological polar surface area (TPSA) is 47.6 Å². The maximum absolute atomic E-state index is 8.71. The number of hydrogen-bond acceptors (Lipinski definition) is 4. The van der Waals surface area contributed by atoms with Crippen molar-refractivity contribution in [3.8, 4) is 12.1 Å². The highest BCUT2D eigenvalue weighted by Gasteiger charge is 2.05. The smallest absolute Gasteiger partial charge is 0.102 e. The highest BCUT2D eigenvalue weighted by atomic mass is 33.1. The molecule has 0 atom stereocenters. The summed E-state index contributed by atoms with van der Waals surface area (Å²) in [7, 11) is 1.17. The largest absolute Gasteiger partial charge is 0.192 e. The van der Waals surface area contributed by atoms with Gasteiger partial charge in [-0.15, -0.1) is 11.7 Å². The monoisotopic (exact) mass is 192 g/mol. The second-order valence-corrected chi connectivity index (χ2v) is 3.16. The third-order valence-electron chi connectivity index (χ3n) is 1.36. The van der Waals surface area contributed by atoms with Crippen LogP contribution in [0.4, 0.5) is 0 Å². The number of hydrogen-bond donors (Lipinski definition) is 1. The van der Waals surface area contributed by atoms with Gasteiger partial charge in [0.1, 0.15) is 12.1 Å². The first-order valence-corrected chi connectivity index (χ1v) is 4.95. The van der Waals surface area contributed by atoms with E-state index in [1.54, 1.807) is 18.2 Å². The predicted octanol–water partition coefficient (Wildman–Crippen LogP) is 2.37. The van der Waals surface area contributed by atoms with Crippen LogP contribution < -0.4 is 0 Å². The van der Waals surface area contributed by atoms with Crippen molar-refractivity contribution < 1.29 is 0 Å². The molecule has 1 rings (SSSR count). The standard InChI is InChI=1S/C8H4N2S2/c9-4-6-2-1-3-8(12-11)7(6)5-10/h1-3,11H. The fraction of sp³-hybridized carbons (Fsp3) is 0. The second-order valence-electron chi connectivity index (χ2n) is 1.99. The molecule has 12 heavy (non-hydrogen) atoms. The molecule has 0 saturated carbocycles. The zero-order valence-electron chi connectivity index (χ0n) is 5.98. The van der Waals surface area contributed by atoms with Gasteiger partial charge in [-0.2, -0.15) is 10.5 Å². The van der Waals surface area contributed by atoms with Crippen molar-refractivity contribution in [1.29, 1.82) is 10.5 Å². The molecule has 0 amide bonds. The Hall–Kier alpha value is -1.10. The van der Waals surface area contributed by atoms with Gasteiger partial charge in [0.25, 0.3) is 0 Å². The number of rotatable bonds is 1. The molecule has 58 valence electrons. The summed E-state index contributed by atoms with van der Waals surface area (Å²) in [6.45, 7) is 0. The van der Waals surface area contributed by atoms with E-state index in [2.05, 4.69) is 11.7 Å². The van der Waals surface area contributed by atoms with Gasteiger partial charge in [0.05, 0.1) is 11.1 Å². The van der Waals surface area contributed by atoms with Gasteiger partial charge in [0.2, 0.25) is 0 Å². The van der Waals surface area contributed by atoms with Crippen molar-refractivity contribution in [1.82, 2.24) is 0 Å². The van der Waals surface area contributed by atoms with Gasteiger partial charge in [0.15, 0.2) is 0 Å². The lowest BCUT2D eigenvalue weighted by atomic mass is 10.1. The predicted molar refractivity (Wildman–Crippen MR) is 50.7 cm³/mol. The maximum atomic E-state index is 8.71. The summed E-state index contributed by atoms with van der Waals surface area (Å²) in [5.74, 6) is 0. The first-order chi connectivity index (χ1) is 5.83. The lowest BCUT2D eigenvalue weighted by Gasteiger charge is -1.98. The van der Waals surface area contributed by atoms with E-state index in [9.17, 15) is 0 Å². The Labute approximate surface area is 79.6 Å². The Bertz CT molecular complexity index is 374. The van der Waals surface area contributed by atoms with Crippen LogP contribution in [-0.4, -0.2) is 0 Å². The molecule has 0 N–H and O–H groups in total. The molecule has 2 nitrogen and oxygen atoms in total. The molecule has 0 unspecified atom stereocenters. The molecular formula is C8H4N2S2. The Morgan fingerprint density at radius 3 is 2.50 bits per heavy atom. The van der Waals surface area contributed by atoms with E-state index < -0.39 is 0 Å². The number of nitriles is 2. The zero-order valence-corrected chi connectivity index (χ0v) is 7.69. The molecule has 0 aliphatic rings. The molecule has 0 heterocycles. The molecule has 0 bridgehead atoms. The minimum absolute atomic E-state index is 0.400. The van der Waals surface area contributed by atoms with E-state index in [0.717, 1.165) is 4.90 Å². The van der Waals surface area contributed by atoms with Crippen molar-refractivity contribution in [2.75, 3.05) is 0 Å². The van der Waals surface area contributed by atoms with E-state index >= 15 is 0 Å². The summed E-state index contributed by atoms with van der Waals surface area (Å²) >= 11 is 3.98. The van der Waals surface area contributed by atoms with Crippen molar-refractivity contribution >= 4 is 22.5 Å². The van der Waals surface area contributed by atoms with E-state index in [1.165, 1.54) is 10.8 Å². The van der Waals surface area contributed by atoms with Gasteiger partial charge < -0.3 is 0 Å². The third-order valence-corrected chi connectivity index (χ3v) is 2.48. The van der Waals surface area contributed by atoms with Crippen LogP contribution in [0, 0.1) is 22.7 Å². The van der Waals surface area contributed by atoms with Crippen LogP contribution >= 0.6 is 22.5 Å². The Kier molecular flexibility index (Phi) is 3.04. The van der Waals surface area contributed by atoms with Crippen LogP contribution in [0.1, 0.15) is 11.1 Å². The summed E-state index contributed by atoms with van der Waals surface area (Å²) in [5, 5.41) is 17.3. The second kappa shape index (κ2) is 4.06. The average molecular weight is 192 g/mol. The van der Waals surface area contributed by atoms with E-state index in [0.29, 0.717) is 11.1 Å².